The van der Waals surface area contributed by atoms with Gasteiger partial charge in [-0.3, -0.25) is 0 Å². The first-order chi connectivity index (χ1) is 13.5. The van der Waals surface area contributed by atoms with Crippen LogP contribution in [0.5, 0.6) is 0 Å². The maximum absolute atomic E-state index is 5.97. The third-order valence-corrected chi connectivity index (χ3v) is 5.22. The number of benzene rings is 3. The second-order valence-corrected chi connectivity index (χ2v) is 7.03. The molecular weight excluding hydrogens is 348 g/mol. The third kappa shape index (κ3) is 2.35. The van der Waals surface area contributed by atoms with Crippen LogP contribution in [-0.2, 0) is 14.1 Å². The molecular formula is C22H20N6. The normalized spacial score (nSPS) is 11.5. The molecule has 2 heterocycles. The summed E-state index contributed by atoms with van der Waals surface area (Å²) < 4.78 is 4.15. The van der Waals surface area contributed by atoms with E-state index in [1.54, 1.807) is 0 Å². The fourth-order valence-electron chi connectivity index (χ4n) is 3.77. The Morgan fingerprint density at radius 3 is 1.50 bits per heavy atom. The Bertz CT molecular complexity index is 1250. The van der Waals surface area contributed by atoms with Crippen molar-refractivity contribution in [2.45, 2.75) is 0 Å². The quantitative estimate of drug-likeness (QED) is 0.462. The van der Waals surface area contributed by atoms with E-state index < -0.39 is 0 Å². The fraction of sp³-hybridized carbons (Fsp3) is 0.0909. The van der Waals surface area contributed by atoms with E-state index in [1.165, 1.54) is 0 Å². The average Bonchev–Trinajstić information content (AvgIpc) is 3.19. The monoisotopic (exact) mass is 368 g/mol. The predicted octanol–water partition coefficient (Wildman–Crippen LogP) is 3.96. The highest BCUT2D eigenvalue weighted by atomic mass is 15.1. The maximum Gasteiger partial charge on any atom is 0.141 e. The average molecular weight is 368 g/mol. The summed E-state index contributed by atoms with van der Waals surface area (Å²) in [7, 11) is 4.02. The lowest BCUT2D eigenvalue weighted by atomic mass is 10.1. The summed E-state index contributed by atoms with van der Waals surface area (Å²) in [6.45, 7) is 0. The number of aromatic nitrogens is 4. The Morgan fingerprint density at radius 1 is 0.643 bits per heavy atom. The van der Waals surface area contributed by atoms with E-state index in [2.05, 4.69) is 21.3 Å². The van der Waals surface area contributed by atoms with Gasteiger partial charge >= 0.3 is 0 Å². The van der Waals surface area contributed by atoms with E-state index in [4.69, 9.17) is 21.4 Å². The highest BCUT2D eigenvalue weighted by molar-refractivity contribution is 5.89. The van der Waals surface area contributed by atoms with E-state index in [9.17, 15) is 0 Å². The molecule has 0 aliphatic carbocycles. The molecule has 138 valence electrons. The summed E-state index contributed by atoms with van der Waals surface area (Å²) in [5.74, 6) is 1.76. The second kappa shape index (κ2) is 5.85. The molecule has 0 saturated carbocycles. The first kappa shape index (κ1) is 16.4. The van der Waals surface area contributed by atoms with Gasteiger partial charge in [0.1, 0.15) is 11.6 Å². The zero-order chi connectivity index (χ0) is 19.4. The Morgan fingerprint density at radius 2 is 1.07 bits per heavy atom. The molecule has 0 spiro atoms. The molecule has 4 N–H and O–H groups in total. The van der Waals surface area contributed by atoms with Crippen LogP contribution in [0, 0.1) is 0 Å². The standard InChI is InChI=1S/C22H20N6/c1-27-19-11-13(23)7-9-17(19)25-21(27)15-5-3-4-6-16(15)22-26-18-10-8-14(24)12-20(18)28(22)2/h3-12H,23-24H2,1-2H3. The van der Waals surface area contributed by atoms with Crippen LogP contribution in [0.25, 0.3) is 44.8 Å². The van der Waals surface area contributed by atoms with Gasteiger partial charge in [0.25, 0.3) is 0 Å². The van der Waals surface area contributed by atoms with Gasteiger partial charge in [-0.25, -0.2) is 9.97 Å². The summed E-state index contributed by atoms with van der Waals surface area (Å²) in [5.41, 5.74) is 19.3. The van der Waals surface area contributed by atoms with Gasteiger partial charge in [-0.05, 0) is 36.4 Å². The van der Waals surface area contributed by atoms with Gasteiger partial charge in [0, 0.05) is 36.6 Å². The van der Waals surface area contributed by atoms with Crippen molar-refractivity contribution < 1.29 is 0 Å². The van der Waals surface area contributed by atoms with Crippen molar-refractivity contribution in [2.24, 2.45) is 14.1 Å². The van der Waals surface area contributed by atoms with E-state index >= 15 is 0 Å². The van der Waals surface area contributed by atoms with Gasteiger partial charge in [-0.2, -0.15) is 0 Å². The van der Waals surface area contributed by atoms with Crippen LogP contribution in [0.2, 0.25) is 0 Å². The molecule has 2 aromatic heterocycles. The first-order valence-electron chi connectivity index (χ1n) is 9.06. The number of nitrogens with two attached hydrogens (primary N) is 2. The number of aryl methyl sites for hydroxylation is 2. The molecule has 6 nitrogen and oxygen atoms in total. The Hall–Kier alpha value is -3.80. The van der Waals surface area contributed by atoms with Crippen molar-refractivity contribution >= 4 is 33.4 Å². The van der Waals surface area contributed by atoms with Crippen LogP contribution in [0.1, 0.15) is 0 Å². The van der Waals surface area contributed by atoms with Gasteiger partial charge in [0.2, 0.25) is 0 Å². The summed E-state index contributed by atoms with van der Waals surface area (Å²) in [4.78, 5) is 9.72. The van der Waals surface area contributed by atoms with Crippen molar-refractivity contribution in [3.63, 3.8) is 0 Å². The Labute approximate surface area is 162 Å². The van der Waals surface area contributed by atoms with Crippen molar-refractivity contribution in [3.8, 4) is 22.8 Å². The zero-order valence-corrected chi connectivity index (χ0v) is 15.7. The minimum absolute atomic E-state index is 0.725. The van der Waals surface area contributed by atoms with Crippen LogP contribution in [-0.4, -0.2) is 19.1 Å². The molecule has 3 aromatic carbocycles. The van der Waals surface area contributed by atoms with Crippen LogP contribution >= 0.6 is 0 Å². The van der Waals surface area contributed by atoms with Crippen molar-refractivity contribution in [3.05, 3.63) is 60.7 Å². The molecule has 0 unspecified atom stereocenters. The van der Waals surface area contributed by atoms with Crippen LogP contribution in [0.3, 0.4) is 0 Å². The molecule has 0 amide bonds. The lowest BCUT2D eigenvalue weighted by molar-refractivity contribution is 0.948. The molecule has 5 rings (SSSR count). The highest BCUT2D eigenvalue weighted by Crippen LogP contribution is 2.34. The third-order valence-electron chi connectivity index (χ3n) is 5.22. The van der Waals surface area contributed by atoms with Gasteiger partial charge in [-0.15, -0.1) is 0 Å². The number of fused-ring (bicyclic) bond motifs is 2. The van der Waals surface area contributed by atoms with Crippen LogP contribution < -0.4 is 11.5 Å². The Kier molecular flexibility index (Phi) is 3.42. The molecule has 0 fully saturated rings. The van der Waals surface area contributed by atoms with Crippen molar-refractivity contribution in [1.29, 1.82) is 0 Å². The first-order valence-corrected chi connectivity index (χ1v) is 9.06. The van der Waals surface area contributed by atoms with Gasteiger partial charge in [0.15, 0.2) is 0 Å². The topological polar surface area (TPSA) is 87.7 Å². The molecule has 28 heavy (non-hydrogen) atoms. The molecule has 6 heteroatoms. The van der Waals surface area contributed by atoms with Gasteiger partial charge in [0.05, 0.1) is 22.1 Å². The number of nitrogens with zero attached hydrogens (tertiary/aromatic N) is 4. The number of rotatable bonds is 2. The minimum atomic E-state index is 0.725. The van der Waals surface area contributed by atoms with Crippen LogP contribution in [0.15, 0.2) is 60.7 Å². The molecule has 0 bridgehead atoms. The van der Waals surface area contributed by atoms with E-state index in [0.717, 1.165) is 56.2 Å². The van der Waals surface area contributed by atoms with E-state index in [-0.39, 0.29) is 0 Å². The molecule has 5 aromatic rings. The maximum atomic E-state index is 5.97. The SMILES string of the molecule is Cn1c(-c2ccccc2-c2nc3ccc(N)cc3n2C)nc2ccc(N)cc21. The summed E-state index contributed by atoms with van der Waals surface area (Å²) in [6.07, 6.45) is 0. The van der Waals surface area contributed by atoms with Crippen molar-refractivity contribution in [2.75, 3.05) is 11.5 Å². The summed E-state index contributed by atoms with van der Waals surface area (Å²) in [5, 5.41) is 0. The number of imidazole rings is 2. The fourth-order valence-corrected chi connectivity index (χ4v) is 3.77. The number of nitrogen functional groups attached to an aromatic ring is 2. The Balaban J connectivity index is 1.77. The second-order valence-electron chi connectivity index (χ2n) is 7.03. The number of hydrogen-bond donors (Lipinski definition) is 2. The van der Waals surface area contributed by atoms with E-state index in [0.29, 0.717) is 0 Å². The van der Waals surface area contributed by atoms with Gasteiger partial charge in [-0.1, -0.05) is 24.3 Å². The largest absolute Gasteiger partial charge is 0.399 e. The predicted molar refractivity (Wildman–Crippen MR) is 115 cm³/mol. The molecule has 0 aliphatic heterocycles. The lowest BCUT2D eigenvalue weighted by Gasteiger charge is -2.10. The smallest absolute Gasteiger partial charge is 0.141 e. The number of hydrogen-bond acceptors (Lipinski definition) is 4. The highest BCUT2D eigenvalue weighted by Gasteiger charge is 2.18. The molecule has 0 saturated heterocycles. The zero-order valence-electron chi connectivity index (χ0n) is 15.7. The minimum Gasteiger partial charge on any atom is -0.399 e. The molecule has 0 atom stereocenters. The molecule has 0 aliphatic rings. The summed E-state index contributed by atoms with van der Waals surface area (Å²) >= 11 is 0. The van der Waals surface area contributed by atoms with Gasteiger partial charge < -0.3 is 20.6 Å². The van der Waals surface area contributed by atoms with Crippen molar-refractivity contribution in [1.82, 2.24) is 19.1 Å². The summed E-state index contributed by atoms with van der Waals surface area (Å²) in [6, 6.07) is 19.8. The number of anilines is 2. The lowest BCUT2D eigenvalue weighted by Crippen LogP contribution is -1.98. The molecule has 0 radical (unpaired) electrons. The van der Waals surface area contributed by atoms with E-state index in [1.807, 2.05) is 62.6 Å². The van der Waals surface area contributed by atoms with Crippen LogP contribution in [0.4, 0.5) is 11.4 Å².